The van der Waals surface area contributed by atoms with Crippen molar-refractivity contribution in [2.75, 3.05) is 19.8 Å². The maximum atomic E-state index is 13.1. The van der Waals surface area contributed by atoms with Gasteiger partial charge in [0.1, 0.15) is 4.87 Å². The molecule has 6 heteroatoms. The molecular weight excluding hydrogens is 336 g/mol. The molecule has 2 aromatic carbocycles. The van der Waals surface area contributed by atoms with E-state index in [4.69, 9.17) is 4.74 Å². The highest BCUT2D eigenvalue weighted by molar-refractivity contribution is 8.00. The highest BCUT2D eigenvalue weighted by Crippen LogP contribution is 2.57. The second-order valence-electron chi connectivity index (χ2n) is 6.27. The number of rotatable bonds is 2. The number of carbonyl (C=O) groups excluding carboxylic acids is 2. The van der Waals surface area contributed by atoms with Gasteiger partial charge in [0.15, 0.2) is 6.23 Å². The van der Waals surface area contributed by atoms with Gasteiger partial charge < -0.3 is 9.64 Å². The molecule has 128 valence electrons. The number of thioether (sulfide) groups is 1. The van der Waals surface area contributed by atoms with Gasteiger partial charge in [-0.1, -0.05) is 48.5 Å². The van der Waals surface area contributed by atoms with Gasteiger partial charge in [0.25, 0.3) is 5.91 Å². The van der Waals surface area contributed by atoms with Gasteiger partial charge in [-0.3, -0.25) is 9.69 Å². The van der Waals surface area contributed by atoms with Crippen molar-refractivity contribution < 1.29 is 14.3 Å². The zero-order valence-electron chi connectivity index (χ0n) is 14.0. The standard InChI is InChI=1S/C19H18N2O3S/c1-20(2)18(23)24-16-12-25-19(13-8-4-3-5-9-13)15-11-7-6-10-14(15)17(22)21(16)19/h3-11,16H,12H2,1-2H3. The second kappa shape index (κ2) is 5.81. The van der Waals surface area contributed by atoms with E-state index in [1.807, 2.05) is 54.6 Å². The molecular formula is C19H18N2O3S. The number of hydrogen-bond donors (Lipinski definition) is 0. The highest BCUT2D eigenvalue weighted by atomic mass is 32.2. The molecule has 0 saturated carbocycles. The SMILES string of the molecule is CN(C)C(=O)OC1CSC2(c3ccccc3)c3ccccc3C(=O)N12. The van der Waals surface area contributed by atoms with Gasteiger partial charge in [-0.25, -0.2) is 4.79 Å². The lowest BCUT2D eigenvalue weighted by Gasteiger charge is -2.34. The van der Waals surface area contributed by atoms with Gasteiger partial charge in [-0.15, -0.1) is 11.8 Å². The normalized spacial score (nSPS) is 24.0. The lowest BCUT2D eigenvalue weighted by Crippen LogP contribution is -2.46. The number of carbonyl (C=O) groups is 2. The predicted octanol–water partition coefficient (Wildman–Crippen LogP) is 3.11. The maximum absolute atomic E-state index is 13.1. The first-order chi connectivity index (χ1) is 12.1. The number of fused-ring (bicyclic) bond motifs is 3. The summed E-state index contributed by atoms with van der Waals surface area (Å²) in [5, 5.41) is 0. The Kier molecular flexibility index (Phi) is 3.72. The monoisotopic (exact) mass is 354 g/mol. The van der Waals surface area contributed by atoms with E-state index >= 15 is 0 Å². The van der Waals surface area contributed by atoms with Crippen LogP contribution in [0.1, 0.15) is 21.5 Å². The Bertz CT molecular complexity index is 840. The molecule has 0 radical (unpaired) electrons. The van der Waals surface area contributed by atoms with E-state index in [0.29, 0.717) is 11.3 Å². The first-order valence-electron chi connectivity index (χ1n) is 8.06. The minimum atomic E-state index is -0.647. The largest absolute Gasteiger partial charge is 0.424 e. The van der Waals surface area contributed by atoms with Crippen LogP contribution in [0, 0.1) is 0 Å². The Hall–Kier alpha value is -2.47. The zero-order valence-corrected chi connectivity index (χ0v) is 14.8. The maximum Gasteiger partial charge on any atom is 0.411 e. The molecule has 0 aromatic heterocycles. The van der Waals surface area contributed by atoms with E-state index in [2.05, 4.69) is 0 Å². The van der Waals surface area contributed by atoms with E-state index < -0.39 is 17.2 Å². The fourth-order valence-corrected chi connectivity index (χ4v) is 5.04. The van der Waals surface area contributed by atoms with Crippen molar-refractivity contribution in [2.24, 2.45) is 0 Å². The molecule has 2 amide bonds. The minimum Gasteiger partial charge on any atom is -0.424 e. The Morgan fingerprint density at radius 2 is 1.84 bits per heavy atom. The molecule has 1 fully saturated rings. The van der Waals surface area contributed by atoms with E-state index in [0.717, 1.165) is 11.1 Å². The van der Waals surface area contributed by atoms with Gasteiger partial charge in [0.2, 0.25) is 0 Å². The van der Waals surface area contributed by atoms with Crippen LogP contribution >= 0.6 is 11.8 Å². The van der Waals surface area contributed by atoms with Crippen molar-refractivity contribution in [3.63, 3.8) is 0 Å². The topological polar surface area (TPSA) is 49.9 Å². The van der Waals surface area contributed by atoms with Crippen LogP contribution in [0.5, 0.6) is 0 Å². The average Bonchev–Trinajstić information content (AvgIpc) is 3.12. The third kappa shape index (κ3) is 2.24. The molecule has 0 aliphatic carbocycles. The van der Waals surface area contributed by atoms with Crippen LogP contribution in [0.25, 0.3) is 0 Å². The fraction of sp³-hybridized carbons (Fsp3) is 0.263. The molecule has 1 saturated heterocycles. The van der Waals surface area contributed by atoms with Crippen LogP contribution in [0.3, 0.4) is 0 Å². The molecule has 2 aliphatic rings. The molecule has 4 rings (SSSR count). The molecule has 0 bridgehead atoms. The smallest absolute Gasteiger partial charge is 0.411 e. The van der Waals surface area contributed by atoms with E-state index in [1.165, 1.54) is 4.90 Å². The van der Waals surface area contributed by atoms with Crippen LogP contribution in [-0.4, -0.2) is 47.9 Å². The van der Waals surface area contributed by atoms with Crippen molar-refractivity contribution in [2.45, 2.75) is 11.1 Å². The van der Waals surface area contributed by atoms with Gasteiger partial charge in [0.05, 0.1) is 5.75 Å². The molecule has 2 aromatic rings. The summed E-state index contributed by atoms with van der Waals surface area (Å²) in [5.74, 6) is 0.440. The Morgan fingerprint density at radius 3 is 2.56 bits per heavy atom. The van der Waals surface area contributed by atoms with Gasteiger partial charge >= 0.3 is 6.09 Å². The average molecular weight is 354 g/mol. The number of benzene rings is 2. The van der Waals surface area contributed by atoms with Crippen LogP contribution in [0.2, 0.25) is 0 Å². The van der Waals surface area contributed by atoms with Crippen molar-refractivity contribution in [3.05, 3.63) is 71.3 Å². The third-order valence-electron chi connectivity index (χ3n) is 4.57. The van der Waals surface area contributed by atoms with Gasteiger partial charge in [-0.2, -0.15) is 0 Å². The summed E-state index contributed by atoms with van der Waals surface area (Å²) < 4.78 is 5.61. The number of ether oxygens (including phenoxy) is 1. The van der Waals surface area contributed by atoms with Crippen LogP contribution in [-0.2, 0) is 9.61 Å². The van der Waals surface area contributed by atoms with E-state index in [1.54, 1.807) is 30.8 Å². The molecule has 2 unspecified atom stereocenters. The summed E-state index contributed by atoms with van der Waals surface area (Å²) in [6, 6.07) is 17.6. The molecule has 2 heterocycles. The Morgan fingerprint density at radius 1 is 1.16 bits per heavy atom. The van der Waals surface area contributed by atoms with Crippen LogP contribution in [0.4, 0.5) is 4.79 Å². The first kappa shape index (κ1) is 16.0. The van der Waals surface area contributed by atoms with Gasteiger partial charge in [0, 0.05) is 25.2 Å². The first-order valence-corrected chi connectivity index (χ1v) is 9.05. The van der Waals surface area contributed by atoms with Crippen molar-refractivity contribution >= 4 is 23.8 Å². The minimum absolute atomic E-state index is 0.0963. The van der Waals surface area contributed by atoms with Crippen LogP contribution in [0.15, 0.2) is 54.6 Å². The van der Waals surface area contributed by atoms with Crippen molar-refractivity contribution in [3.8, 4) is 0 Å². The van der Waals surface area contributed by atoms with Crippen molar-refractivity contribution in [1.82, 2.24) is 9.80 Å². The summed E-state index contributed by atoms with van der Waals surface area (Å²) in [5.41, 5.74) is 2.64. The molecule has 5 nitrogen and oxygen atoms in total. The van der Waals surface area contributed by atoms with Crippen LogP contribution < -0.4 is 0 Å². The fourth-order valence-electron chi connectivity index (χ4n) is 3.47. The van der Waals surface area contributed by atoms with Gasteiger partial charge in [-0.05, 0) is 11.6 Å². The summed E-state index contributed by atoms with van der Waals surface area (Å²) >= 11 is 1.63. The summed E-state index contributed by atoms with van der Waals surface area (Å²) in [6.45, 7) is 0. The number of hydrogen-bond acceptors (Lipinski definition) is 4. The van der Waals surface area contributed by atoms with Crippen molar-refractivity contribution in [1.29, 1.82) is 0 Å². The molecule has 2 atom stereocenters. The zero-order chi connectivity index (χ0) is 17.6. The van der Waals surface area contributed by atoms with E-state index in [9.17, 15) is 9.59 Å². The Labute approximate surface area is 150 Å². The Balaban J connectivity index is 1.84. The quantitative estimate of drug-likeness (QED) is 0.831. The second-order valence-corrected chi connectivity index (χ2v) is 7.49. The lowest BCUT2D eigenvalue weighted by atomic mass is 9.97. The summed E-state index contributed by atoms with van der Waals surface area (Å²) in [4.78, 5) is 27.6. The highest BCUT2D eigenvalue weighted by Gasteiger charge is 2.59. The molecule has 0 N–H and O–H groups in total. The third-order valence-corrected chi connectivity index (χ3v) is 6.09. The number of amides is 2. The number of nitrogens with zero attached hydrogens (tertiary/aromatic N) is 2. The predicted molar refractivity (Wildman–Crippen MR) is 96.2 cm³/mol. The summed E-state index contributed by atoms with van der Waals surface area (Å²) in [6.07, 6.45) is -1.04. The molecule has 2 aliphatic heterocycles. The molecule has 0 spiro atoms. The lowest BCUT2D eigenvalue weighted by molar-refractivity contribution is -0.00734. The van der Waals surface area contributed by atoms with E-state index in [-0.39, 0.29) is 5.91 Å². The molecule has 25 heavy (non-hydrogen) atoms. The summed E-state index contributed by atoms with van der Waals surface area (Å²) in [7, 11) is 3.27.